The normalized spacial score (nSPS) is 18.2. The van der Waals surface area contributed by atoms with E-state index in [0.717, 1.165) is 31.4 Å². The molecule has 1 amide bonds. The minimum Gasteiger partial charge on any atom is -0.388 e. The Kier molecular flexibility index (Phi) is 3.91. The number of carbonyl (C=O) groups is 1. The van der Waals surface area contributed by atoms with E-state index in [0.29, 0.717) is 12.1 Å². The number of hydrogen-bond donors (Lipinski definition) is 2. The summed E-state index contributed by atoms with van der Waals surface area (Å²) in [5.74, 6) is -0.150. The first-order valence-electron chi connectivity index (χ1n) is 7.26. The SMILES string of the molecule is Cn1cc(C(=O)NCC2(O)CCCC2)c(C(C)(C)C)n1. The van der Waals surface area contributed by atoms with E-state index in [1.165, 1.54) is 0 Å². The molecule has 0 unspecified atom stereocenters. The molecule has 1 aromatic heterocycles. The largest absolute Gasteiger partial charge is 0.388 e. The van der Waals surface area contributed by atoms with Gasteiger partial charge in [-0.1, -0.05) is 33.6 Å². The van der Waals surface area contributed by atoms with Gasteiger partial charge in [-0.05, 0) is 12.8 Å². The molecule has 1 aliphatic rings. The maximum Gasteiger partial charge on any atom is 0.254 e. The Morgan fingerprint density at radius 2 is 2.05 bits per heavy atom. The third-order valence-electron chi connectivity index (χ3n) is 3.90. The third-order valence-corrected chi connectivity index (χ3v) is 3.90. The molecule has 0 saturated heterocycles. The lowest BCUT2D eigenvalue weighted by Gasteiger charge is -2.23. The van der Waals surface area contributed by atoms with Crippen molar-refractivity contribution >= 4 is 5.91 Å². The number of hydrogen-bond acceptors (Lipinski definition) is 3. The summed E-state index contributed by atoms with van der Waals surface area (Å²) >= 11 is 0. The highest BCUT2D eigenvalue weighted by Gasteiger charge is 2.32. The van der Waals surface area contributed by atoms with Crippen molar-refractivity contribution in [1.29, 1.82) is 0 Å². The van der Waals surface area contributed by atoms with Crippen LogP contribution in [0.2, 0.25) is 0 Å². The first kappa shape index (κ1) is 15.0. The van der Waals surface area contributed by atoms with Gasteiger partial charge in [0.05, 0.1) is 16.9 Å². The second-order valence-corrected chi connectivity index (χ2v) is 6.93. The van der Waals surface area contributed by atoms with E-state index < -0.39 is 5.60 Å². The minimum absolute atomic E-state index is 0.150. The number of carbonyl (C=O) groups excluding carboxylic acids is 1. The fraction of sp³-hybridized carbons (Fsp3) is 0.733. The number of nitrogens with one attached hydrogen (secondary N) is 1. The summed E-state index contributed by atoms with van der Waals surface area (Å²) in [6, 6.07) is 0. The Bertz CT molecular complexity index is 494. The predicted octanol–water partition coefficient (Wildman–Crippen LogP) is 1.75. The number of aryl methyl sites for hydroxylation is 1. The van der Waals surface area contributed by atoms with Crippen LogP contribution in [0.1, 0.15) is 62.5 Å². The molecule has 5 nitrogen and oxygen atoms in total. The summed E-state index contributed by atoms with van der Waals surface area (Å²) in [7, 11) is 1.82. The molecule has 0 aliphatic heterocycles. The molecule has 20 heavy (non-hydrogen) atoms. The van der Waals surface area contributed by atoms with Gasteiger partial charge in [0.25, 0.3) is 5.91 Å². The molecular weight excluding hydrogens is 254 g/mol. The van der Waals surface area contributed by atoms with Gasteiger partial charge in [0, 0.05) is 25.2 Å². The molecule has 0 spiro atoms. The van der Waals surface area contributed by atoms with Gasteiger partial charge in [0.1, 0.15) is 0 Å². The first-order chi connectivity index (χ1) is 9.21. The molecule has 0 bridgehead atoms. The monoisotopic (exact) mass is 279 g/mol. The smallest absolute Gasteiger partial charge is 0.254 e. The zero-order chi connectivity index (χ0) is 15.0. The molecule has 2 N–H and O–H groups in total. The van der Waals surface area contributed by atoms with Gasteiger partial charge in [-0.15, -0.1) is 0 Å². The van der Waals surface area contributed by atoms with Crippen molar-refractivity contribution in [1.82, 2.24) is 15.1 Å². The standard InChI is InChI=1S/C15H25N3O2/c1-14(2,3)12-11(9-18(4)17-12)13(19)16-10-15(20)7-5-6-8-15/h9,20H,5-8,10H2,1-4H3,(H,16,19). The van der Waals surface area contributed by atoms with Gasteiger partial charge in [0.2, 0.25) is 0 Å². The predicted molar refractivity (Wildman–Crippen MR) is 77.7 cm³/mol. The van der Waals surface area contributed by atoms with Gasteiger partial charge in [0.15, 0.2) is 0 Å². The lowest BCUT2D eigenvalue weighted by atomic mass is 9.89. The number of aromatic nitrogens is 2. The molecule has 0 aromatic carbocycles. The zero-order valence-corrected chi connectivity index (χ0v) is 12.9. The Hall–Kier alpha value is -1.36. The van der Waals surface area contributed by atoms with Crippen LogP contribution in [0.5, 0.6) is 0 Å². The number of aliphatic hydroxyl groups is 1. The van der Waals surface area contributed by atoms with E-state index in [2.05, 4.69) is 10.4 Å². The molecule has 1 aliphatic carbocycles. The Balaban J connectivity index is 2.09. The fourth-order valence-corrected chi connectivity index (χ4v) is 2.76. The van der Waals surface area contributed by atoms with Gasteiger partial charge in [-0.3, -0.25) is 9.48 Å². The van der Waals surface area contributed by atoms with E-state index in [9.17, 15) is 9.90 Å². The van der Waals surface area contributed by atoms with Gasteiger partial charge in [-0.25, -0.2) is 0 Å². The van der Waals surface area contributed by atoms with Crippen LogP contribution >= 0.6 is 0 Å². The van der Waals surface area contributed by atoms with Crippen LogP contribution in [-0.2, 0) is 12.5 Å². The topological polar surface area (TPSA) is 67.2 Å². The third kappa shape index (κ3) is 3.20. The van der Waals surface area contributed by atoms with Crippen molar-refractivity contribution in [2.24, 2.45) is 7.05 Å². The number of amides is 1. The summed E-state index contributed by atoms with van der Waals surface area (Å²) < 4.78 is 1.67. The molecule has 1 heterocycles. The van der Waals surface area contributed by atoms with Gasteiger partial charge in [-0.2, -0.15) is 5.10 Å². The summed E-state index contributed by atoms with van der Waals surface area (Å²) in [5, 5.41) is 17.5. The minimum atomic E-state index is -0.722. The number of rotatable bonds is 3. The lowest BCUT2D eigenvalue weighted by Crippen LogP contribution is -2.41. The van der Waals surface area contributed by atoms with E-state index in [4.69, 9.17) is 0 Å². The van der Waals surface area contributed by atoms with Crippen LogP contribution in [0.4, 0.5) is 0 Å². The van der Waals surface area contributed by atoms with Crippen molar-refractivity contribution < 1.29 is 9.90 Å². The lowest BCUT2D eigenvalue weighted by molar-refractivity contribution is 0.0449. The van der Waals surface area contributed by atoms with Crippen LogP contribution in [0, 0.1) is 0 Å². The Morgan fingerprint density at radius 3 is 2.60 bits per heavy atom. The summed E-state index contributed by atoms with van der Waals surface area (Å²) in [5.41, 5.74) is 0.482. The van der Waals surface area contributed by atoms with Crippen LogP contribution < -0.4 is 5.32 Å². The first-order valence-corrected chi connectivity index (χ1v) is 7.26. The van der Waals surface area contributed by atoms with E-state index in [1.54, 1.807) is 10.9 Å². The Morgan fingerprint density at radius 1 is 1.45 bits per heavy atom. The molecule has 112 valence electrons. The van der Waals surface area contributed by atoms with Crippen LogP contribution in [0.15, 0.2) is 6.20 Å². The van der Waals surface area contributed by atoms with Crippen LogP contribution in [-0.4, -0.2) is 32.9 Å². The molecule has 2 rings (SSSR count). The zero-order valence-electron chi connectivity index (χ0n) is 12.9. The molecule has 1 fully saturated rings. The second-order valence-electron chi connectivity index (χ2n) is 6.93. The summed E-state index contributed by atoms with van der Waals surface area (Å²) in [6.45, 7) is 6.44. The highest BCUT2D eigenvalue weighted by molar-refractivity contribution is 5.95. The Labute approximate surface area is 120 Å². The molecular formula is C15H25N3O2. The van der Waals surface area contributed by atoms with Crippen molar-refractivity contribution in [3.63, 3.8) is 0 Å². The molecule has 0 radical (unpaired) electrons. The maximum absolute atomic E-state index is 12.3. The quantitative estimate of drug-likeness (QED) is 0.886. The molecule has 1 saturated carbocycles. The number of nitrogens with zero attached hydrogens (tertiary/aromatic N) is 2. The highest BCUT2D eigenvalue weighted by Crippen LogP contribution is 2.29. The molecule has 5 heteroatoms. The van der Waals surface area contributed by atoms with E-state index >= 15 is 0 Å². The average Bonchev–Trinajstić information content (AvgIpc) is 2.92. The van der Waals surface area contributed by atoms with Crippen molar-refractivity contribution in [2.45, 2.75) is 57.5 Å². The molecule has 1 aromatic rings. The van der Waals surface area contributed by atoms with Crippen LogP contribution in [0.25, 0.3) is 0 Å². The second kappa shape index (κ2) is 5.20. The molecule has 0 atom stereocenters. The van der Waals surface area contributed by atoms with Crippen molar-refractivity contribution in [3.8, 4) is 0 Å². The maximum atomic E-state index is 12.3. The highest BCUT2D eigenvalue weighted by atomic mass is 16.3. The van der Waals surface area contributed by atoms with Crippen molar-refractivity contribution in [3.05, 3.63) is 17.5 Å². The fourth-order valence-electron chi connectivity index (χ4n) is 2.76. The summed E-state index contributed by atoms with van der Waals surface area (Å²) in [4.78, 5) is 12.3. The van der Waals surface area contributed by atoms with Crippen molar-refractivity contribution in [2.75, 3.05) is 6.54 Å². The van der Waals surface area contributed by atoms with Gasteiger partial charge >= 0.3 is 0 Å². The van der Waals surface area contributed by atoms with E-state index in [1.807, 2.05) is 27.8 Å². The average molecular weight is 279 g/mol. The van der Waals surface area contributed by atoms with Gasteiger partial charge < -0.3 is 10.4 Å². The summed E-state index contributed by atoms with van der Waals surface area (Å²) in [6.07, 6.45) is 5.35. The van der Waals surface area contributed by atoms with E-state index in [-0.39, 0.29) is 11.3 Å². The van der Waals surface area contributed by atoms with Crippen LogP contribution in [0.3, 0.4) is 0 Å².